The van der Waals surface area contributed by atoms with Gasteiger partial charge in [0.15, 0.2) is 9.84 Å². The van der Waals surface area contributed by atoms with E-state index in [1.54, 1.807) is 13.0 Å². The first-order valence-electron chi connectivity index (χ1n) is 9.55. The Balaban J connectivity index is 1.86. The number of pyridine rings is 1. The summed E-state index contributed by atoms with van der Waals surface area (Å²) in [6.07, 6.45) is 2.71. The van der Waals surface area contributed by atoms with Crippen molar-refractivity contribution < 1.29 is 22.3 Å². The molecule has 1 aliphatic heterocycles. The molecule has 3 rings (SSSR count). The molecule has 11 heteroatoms. The van der Waals surface area contributed by atoms with E-state index in [9.17, 15) is 13.2 Å². The topological polar surface area (TPSA) is 121 Å². The van der Waals surface area contributed by atoms with Gasteiger partial charge in [-0.1, -0.05) is 18.5 Å². The summed E-state index contributed by atoms with van der Waals surface area (Å²) >= 11 is 6.09. The molecule has 1 fully saturated rings. The Labute approximate surface area is 185 Å². The number of halogens is 2. The highest BCUT2D eigenvalue weighted by atomic mass is 35.5. The van der Waals surface area contributed by atoms with Gasteiger partial charge in [-0.3, -0.25) is 10.2 Å². The van der Waals surface area contributed by atoms with Crippen molar-refractivity contribution in [2.75, 3.05) is 12.9 Å². The lowest BCUT2D eigenvalue weighted by atomic mass is 9.81. The Morgan fingerprint density at radius 1 is 1.42 bits per heavy atom. The van der Waals surface area contributed by atoms with Gasteiger partial charge in [-0.25, -0.2) is 17.8 Å². The monoisotopic (exact) mass is 470 g/mol. The summed E-state index contributed by atoms with van der Waals surface area (Å²) in [5.74, 6) is -2.89. The number of nitrogens with one attached hydrogen (secondary N) is 3. The van der Waals surface area contributed by atoms with Gasteiger partial charge in [0.25, 0.3) is 5.91 Å². The molecule has 1 aromatic rings. The van der Waals surface area contributed by atoms with Crippen LogP contribution in [0.1, 0.15) is 31.3 Å². The summed E-state index contributed by atoms with van der Waals surface area (Å²) in [5.41, 5.74) is 0.452. The molecule has 2 unspecified atom stereocenters. The number of hydrogen-bond acceptors (Lipinski definition) is 6. The highest BCUT2D eigenvalue weighted by Crippen LogP contribution is 2.40. The SMILES string of the molecule is COc1ccc(C(=O)NC2=CC(Cl)=C(F)C([C@@H]3CS(=O)(=O)C(C)(C)C(=N)N3)C2C)nc1. The zero-order valence-electron chi connectivity index (χ0n) is 17.5. The number of aromatic nitrogens is 1. The van der Waals surface area contributed by atoms with Crippen LogP contribution in [0.5, 0.6) is 5.75 Å². The zero-order chi connectivity index (χ0) is 23.1. The fraction of sp³-hybridized carbons (Fsp3) is 0.450. The van der Waals surface area contributed by atoms with E-state index in [2.05, 4.69) is 15.6 Å². The third kappa shape index (κ3) is 4.18. The number of methoxy groups -OCH3 is 1. The van der Waals surface area contributed by atoms with Crippen molar-refractivity contribution in [3.05, 3.63) is 46.7 Å². The van der Waals surface area contributed by atoms with Crippen LogP contribution < -0.4 is 15.4 Å². The Kier molecular flexibility index (Phi) is 6.16. The van der Waals surface area contributed by atoms with Gasteiger partial charge in [0.1, 0.15) is 27.9 Å². The largest absolute Gasteiger partial charge is 0.495 e. The van der Waals surface area contributed by atoms with E-state index in [-0.39, 0.29) is 22.3 Å². The smallest absolute Gasteiger partial charge is 0.274 e. The number of sulfone groups is 1. The van der Waals surface area contributed by atoms with Gasteiger partial charge in [-0.05, 0) is 32.1 Å². The molecule has 0 bridgehead atoms. The Hall–Kier alpha value is -2.46. The van der Waals surface area contributed by atoms with Crippen LogP contribution >= 0.6 is 11.6 Å². The van der Waals surface area contributed by atoms with Crippen molar-refractivity contribution in [3.8, 4) is 5.75 Å². The number of allylic oxidation sites excluding steroid dienone is 3. The summed E-state index contributed by atoms with van der Waals surface area (Å²) < 4.78 is 44.1. The van der Waals surface area contributed by atoms with E-state index in [0.29, 0.717) is 11.4 Å². The summed E-state index contributed by atoms with van der Waals surface area (Å²) in [7, 11) is -2.23. The third-order valence-electron chi connectivity index (χ3n) is 5.84. The molecule has 2 aliphatic rings. The maximum Gasteiger partial charge on any atom is 0.274 e. The molecule has 3 atom stereocenters. The minimum absolute atomic E-state index is 0.124. The molecule has 1 amide bonds. The summed E-state index contributed by atoms with van der Waals surface area (Å²) in [6, 6.07) is 2.16. The first kappa shape index (κ1) is 23.2. The minimum Gasteiger partial charge on any atom is -0.495 e. The molecule has 31 heavy (non-hydrogen) atoms. The fourth-order valence-electron chi connectivity index (χ4n) is 3.61. The molecular formula is C20H24ClFN4O4S. The number of amides is 1. The second-order valence-electron chi connectivity index (χ2n) is 8.06. The summed E-state index contributed by atoms with van der Waals surface area (Å²) in [4.78, 5) is 16.6. The number of rotatable bonds is 4. The molecule has 1 saturated heterocycles. The predicted octanol–water partition coefficient (Wildman–Crippen LogP) is 2.53. The van der Waals surface area contributed by atoms with Crippen LogP contribution in [-0.2, 0) is 9.84 Å². The molecule has 0 spiro atoms. The van der Waals surface area contributed by atoms with Crippen molar-refractivity contribution in [2.45, 2.75) is 31.6 Å². The molecule has 3 N–H and O–H groups in total. The standard InChI is InChI=1S/C20H24ClFN4O4S/c1-10-14(25-18(27)13-6-5-11(30-4)8-24-13)7-12(21)17(22)16(10)15-9-31(28,29)20(2,3)19(23)26-15/h5-8,10,15-16H,9H2,1-4H3,(H2,23,26)(H,25,27)/t10?,15-,16?/m0/s1. The van der Waals surface area contributed by atoms with E-state index in [1.165, 1.54) is 39.3 Å². The van der Waals surface area contributed by atoms with E-state index in [1.807, 2.05) is 0 Å². The van der Waals surface area contributed by atoms with Crippen LogP contribution in [0.4, 0.5) is 4.39 Å². The van der Waals surface area contributed by atoms with Crippen LogP contribution in [0.25, 0.3) is 0 Å². The Bertz CT molecular complexity index is 1080. The van der Waals surface area contributed by atoms with Crippen molar-refractivity contribution in [1.82, 2.24) is 15.6 Å². The van der Waals surface area contributed by atoms with Crippen molar-refractivity contribution >= 4 is 33.2 Å². The number of ether oxygens (including phenoxy) is 1. The van der Waals surface area contributed by atoms with Crippen LogP contribution in [0.2, 0.25) is 0 Å². The number of amidine groups is 1. The van der Waals surface area contributed by atoms with Crippen molar-refractivity contribution in [3.63, 3.8) is 0 Å². The van der Waals surface area contributed by atoms with Crippen LogP contribution in [-0.4, -0.2) is 48.8 Å². The molecule has 0 radical (unpaired) electrons. The quantitative estimate of drug-likeness (QED) is 0.621. The van der Waals surface area contributed by atoms with Gasteiger partial charge in [-0.2, -0.15) is 0 Å². The van der Waals surface area contributed by atoms with Crippen LogP contribution in [0.15, 0.2) is 41.0 Å². The molecule has 1 aromatic heterocycles. The van der Waals surface area contributed by atoms with E-state index >= 15 is 4.39 Å². The highest BCUT2D eigenvalue weighted by Gasteiger charge is 2.49. The lowest BCUT2D eigenvalue weighted by Crippen LogP contribution is -2.62. The van der Waals surface area contributed by atoms with Gasteiger partial charge in [0.2, 0.25) is 0 Å². The molecule has 0 saturated carbocycles. The lowest BCUT2D eigenvalue weighted by molar-refractivity contribution is 0.0953. The van der Waals surface area contributed by atoms with E-state index in [4.69, 9.17) is 21.7 Å². The third-order valence-corrected chi connectivity index (χ3v) is 8.68. The maximum absolute atomic E-state index is 15.0. The van der Waals surface area contributed by atoms with Crippen LogP contribution in [0.3, 0.4) is 0 Å². The van der Waals surface area contributed by atoms with E-state index < -0.39 is 44.2 Å². The number of carbonyl (C=O) groups is 1. The normalized spacial score (nSPS) is 27.2. The molecule has 8 nitrogen and oxygen atoms in total. The summed E-state index contributed by atoms with van der Waals surface area (Å²) in [6.45, 7) is 4.54. The van der Waals surface area contributed by atoms with Crippen molar-refractivity contribution in [2.24, 2.45) is 11.8 Å². The van der Waals surface area contributed by atoms with Crippen LogP contribution in [0, 0.1) is 17.2 Å². The second kappa shape index (κ2) is 8.23. The van der Waals surface area contributed by atoms with Gasteiger partial charge < -0.3 is 15.4 Å². The predicted molar refractivity (Wildman–Crippen MR) is 115 cm³/mol. The molecule has 2 heterocycles. The highest BCUT2D eigenvalue weighted by molar-refractivity contribution is 7.93. The van der Waals surface area contributed by atoms with Gasteiger partial charge in [0.05, 0.1) is 30.1 Å². The first-order chi connectivity index (χ1) is 14.4. The lowest BCUT2D eigenvalue weighted by Gasteiger charge is -2.42. The molecular weight excluding hydrogens is 447 g/mol. The van der Waals surface area contributed by atoms with Gasteiger partial charge in [-0.15, -0.1) is 0 Å². The molecule has 0 aromatic carbocycles. The van der Waals surface area contributed by atoms with Crippen molar-refractivity contribution in [1.29, 1.82) is 5.41 Å². The molecule has 1 aliphatic carbocycles. The summed E-state index contributed by atoms with van der Waals surface area (Å²) in [5, 5.41) is 13.4. The minimum atomic E-state index is -3.71. The fourth-order valence-corrected chi connectivity index (χ4v) is 5.40. The van der Waals surface area contributed by atoms with Gasteiger partial charge >= 0.3 is 0 Å². The Morgan fingerprint density at radius 3 is 2.65 bits per heavy atom. The number of hydrogen-bond donors (Lipinski definition) is 3. The average Bonchev–Trinajstić information content (AvgIpc) is 2.70. The zero-order valence-corrected chi connectivity index (χ0v) is 19.1. The second-order valence-corrected chi connectivity index (χ2v) is 11.1. The number of carbonyl (C=O) groups excluding carboxylic acids is 1. The Morgan fingerprint density at radius 2 is 2.10 bits per heavy atom. The van der Waals surface area contributed by atoms with E-state index in [0.717, 1.165) is 0 Å². The average molecular weight is 471 g/mol. The first-order valence-corrected chi connectivity index (χ1v) is 11.6. The number of nitrogens with zero attached hydrogens (tertiary/aromatic N) is 1. The molecule has 168 valence electrons. The maximum atomic E-state index is 15.0. The van der Waals surface area contributed by atoms with Gasteiger partial charge in [0, 0.05) is 17.5 Å².